The van der Waals surface area contributed by atoms with Gasteiger partial charge in [-0.15, -0.1) is 0 Å². The molecule has 1 aromatic heterocycles. The Hall–Kier alpha value is -2.89. The minimum absolute atomic E-state index is 0.000549. The number of aryl methyl sites for hydroxylation is 4. The summed E-state index contributed by atoms with van der Waals surface area (Å²) in [5.41, 5.74) is 4.65. The summed E-state index contributed by atoms with van der Waals surface area (Å²) in [6.45, 7) is 8.92. The van der Waals surface area contributed by atoms with Crippen LogP contribution in [0.5, 0.6) is 0 Å². The molecule has 6 heteroatoms. The number of hydrogen-bond acceptors (Lipinski definition) is 3. The summed E-state index contributed by atoms with van der Waals surface area (Å²) >= 11 is 0. The summed E-state index contributed by atoms with van der Waals surface area (Å²) in [6.07, 6.45) is 2.47. The highest BCUT2D eigenvalue weighted by atomic mass is 16.2. The number of H-pyrrole nitrogens is 1. The highest BCUT2D eigenvalue weighted by Crippen LogP contribution is 2.59. The van der Waals surface area contributed by atoms with E-state index in [0.717, 1.165) is 47.3 Å². The number of rotatable bonds is 3. The normalized spacial score (nSPS) is 19.6. The third-order valence-electron chi connectivity index (χ3n) is 6.77. The van der Waals surface area contributed by atoms with E-state index in [1.807, 2.05) is 39.8 Å². The number of carbonyl (C=O) groups excluding carboxylic acids is 2. The Balaban J connectivity index is 1.38. The lowest BCUT2D eigenvalue weighted by Crippen LogP contribution is -2.42. The van der Waals surface area contributed by atoms with Crippen molar-refractivity contribution in [2.75, 3.05) is 18.4 Å². The van der Waals surface area contributed by atoms with Crippen molar-refractivity contribution in [1.29, 1.82) is 0 Å². The van der Waals surface area contributed by atoms with Crippen LogP contribution in [0.4, 0.5) is 5.69 Å². The lowest BCUT2D eigenvalue weighted by molar-refractivity contribution is -0.118. The molecular formula is C24H29N3O3. The average molecular weight is 408 g/mol. The number of carbonyl (C=O) groups is 2. The highest BCUT2D eigenvalue weighted by molar-refractivity contribution is 5.96. The van der Waals surface area contributed by atoms with Crippen molar-refractivity contribution in [3.63, 3.8) is 0 Å². The summed E-state index contributed by atoms with van der Waals surface area (Å²) in [6, 6.07) is 7.74. The zero-order chi connectivity index (χ0) is 21.6. The minimum Gasteiger partial charge on any atom is -0.338 e. The van der Waals surface area contributed by atoms with Crippen LogP contribution in [0.2, 0.25) is 0 Å². The Morgan fingerprint density at radius 1 is 1.03 bits per heavy atom. The van der Waals surface area contributed by atoms with Gasteiger partial charge >= 0.3 is 0 Å². The van der Waals surface area contributed by atoms with Crippen LogP contribution in [0.1, 0.15) is 52.0 Å². The molecule has 1 spiro atoms. The number of piperidine rings is 1. The Kier molecular flexibility index (Phi) is 5.04. The third-order valence-corrected chi connectivity index (χ3v) is 6.77. The maximum Gasteiger partial charge on any atom is 0.261 e. The fourth-order valence-corrected chi connectivity index (χ4v) is 4.76. The fraction of sp³-hybridized carbons (Fsp3) is 0.458. The number of nitrogens with one attached hydrogen (secondary N) is 2. The summed E-state index contributed by atoms with van der Waals surface area (Å²) in [5, 5.41) is 3.07. The van der Waals surface area contributed by atoms with Crippen molar-refractivity contribution < 1.29 is 9.59 Å². The Labute approximate surface area is 176 Å². The number of aromatic nitrogens is 1. The molecule has 6 nitrogen and oxygen atoms in total. The van der Waals surface area contributed by atoms with E-state index < -0.39 is 0 Å². The number of anilines is 1. The molecule has 2 fully saturated rings. The van der Waals surface area contributed by atoms with Gasteiger partial charge in [-0.3, -0.25) is 14.4 Å². The molecule has 1 unspecified atom stereocenters. The Morgan fingerprint density at radius 3 is 2.30 bits per heavy atom. The van der Waals surface area contributed by atoms with Gasteiger partial charge in [-0.2, -0.15) is 0 Å². The number of benzene rings is 1. The van der Waals surface area contributed by atoms with Crippen LogP contribution < -0.4 is 10.9 Å². The molecule has 2 amide bonds. The lowest BCUT2D eigenvalue weighted by Gasteiger charge is -2.32. The molecule has 1 aliphatic carbocycles. The molecular weight excluding hydrogens is 378 g/mol. The first-order chi connectivity index (χ1) is 14.2. The SMILES string of the molecule is Cc1cc(C)cc(NC(=O)C2CC23CCN(C(=O)c2cc(C)c(C)[nH]c2=O)CC3)c1. The second-order valence-corrected chi connectivity index (χ2v) is 9.10. The predicted octanol–water partition coefficient (Wildman–Crippen LogP) is 3.49. The quantitative estimate of drug-likeness (QED) is 0.817. The van der Waals surface area contributed by atoms with E-state index in [9.17, 15) is 14.4 Å². The van der Waals surface area contributed by atoms with Gasteiger partial charge < -0.3 is 15.2 Å². The van der Waals surface area contributed by atoms with E-state index in [-0.39, 0.29) is 34.3 Å². The molecule has 4 rings (SSSR count). The molecule has 2 aromatic rings. The topological polar surface area (TPSA) is 82.3 Å². The number of pyridine rings is 1. The monoisotopic (exact) mass is 407 g/mol. The van der Waals surface area contributed by atoms with Gasteiger partial charge in [-0.25, -0.2) is 0 Å². The van der Waals surface area contributed by atoms with Crippen LogP contribution in [0.15, 0.2) is 29.1 Å². The fourth-order valence-electron chi connectivity index (χ4n) is 4.76. The molecule has 1 aromatic carbocycles. The van der Waals surface area contributed by atoms with Gasteiger partial charge in [0.15, 0.2) is 0 Å². The molecule has 2 N–H and O–H groups in total. The average Bonchev–Trinajstić information content (AvgIpc) is 3.37. The van der Waals surface area contributed by atoms with E-state index in [0.29, 0.717) is 13.1 Å². The second-order valence-electron chi connectivity index (χ2n) is 9.10. The van der Waals surface area contributed by atoms with Gasteiger partial charge in [0, 0.05) is 30.4 Å². The van der Waals surface area contributed by atoms with E-state index in [1.165, 1.54) is 0 Å². The van der Waals surface area contributed by atoms with Gasteiger partial charge in [0.25, 0.3) is 11.5 Å². The van der Waals surface area contributed by atoms with Crippen molar-refractivity contribution in [1.82, 2.24) is 9.88 Å². The smallest absolute Gasteiger partial charge is 0.261 e. The zero-order valence-corrected chi connectivity index (χ0v) is 18.1. The number of nitrogens with zero attached hydrogens (tertiary/aromatic N) is 1. The highest BCUT2D eigenvalue weighted by Gasteiger charge is 2.58. The molecule has 0 radical (unpaired) electrons. The van der Waals surface area contributed by atoms with Crippen molar-refractivity contribution in [3.8, 4) is 0 Å². The van der Waals surface area contributed by atoms with Crippen molar-refractivity contribution in [2.45, 2.75) is 47.0 Å². The number of amides is 2. The van der Waals surface area contributed by atoms with E-state index >= 15 is 0 Å². The van der Waals surface area contributed by atoms with E-state index in [1.54, 1.807) is 11.0 Å². The molecule has 1 atom stereocenters. The maximum absolute atomic E-state index is 12.9. The molecule has 0 bridgehead atoms. The van der Waals surface area contributed by atoms with Gasteiger partial charge in [0.1, 0.15) is 5.56 Å². The Bertz CT molecular complexity index is 1060. The maximum atomic E-state index is 12.9. The summed E-state index contributed by atoms with van der Waals surface area (Å²) in [5.74, 6) is -0.142. The first-order valence-electron chi connectivity index (χ1n) is 10.6. The molecule has 158 valence electrons. The molecule has 2 heterocycles. The van der Waals surface area contributed by atoms with Crippen LogP contribution in [-0.4, -0.2) is 34.8 Å². The van der Waals surface area contributed by atoms with Gasteiger partial charge in [-0.1, -0.05) is 6.07 Å². The molecule has 1 saturated heterocycles. The number of aromatic amines is 1. The first kappa shape index (κ1) is 20.4. The van der Waals surface area contributed by atoms with Gasteiger partial charge in [-0.05, 0) is 87.3 Å². The summed E-state index contributed by atoms with van der Waals surface area (Å²) in [7, 11) is 0. The van der Waals surface area contributed by atoms with Crippen molar-refractivity contribution in [3.05, 3.63) is 62.6 Å². The van der Waals surface area contributed by atoms with E-state index in [2.05, 4.69) is 16.4 Å². The molecule has 2 aliphatic rings. The minimum atomic E-state index is -0.333. The molecule has 1 saturated carbocycles. The van der Waals surface area contributed by atoms with Crippen LogP contribution in [0.25, 0.3) is 0 Å². The Morgan fingerprint density at radius 2 is 1.67 bits per heavy atom. The van der Waals surface area contributed by atoms with Crippen molar-refractivity contribution >= 4 is 17.5 Å². The summed E-state index contributed by atoms with van der Waals surface area (Å²) < 4.78 is 0. The molecule has 1 aliphatic heterocycles. The van der Waals surface area contributed by atoms with E-state index in [4.69, 9.17) is 0 Å². The van der Waals surface area contributed by atoms with Crippen LogP contribution in [-0.2, 0) is 4.79 Å². The second kappa shape index (κ2) is 7.42. The zero-order valence-electron chi connectivity index (χ0n) is 18.1. The van der Waals surface area contributed by atoms with Crippen LogP contribution >= 0.6 is 0 Å². The van der Waals surface area contributed by atoms with Crippen LogP contribution in [0.3, 0.4) is 0 Å². The lowest BCUT2D eigenvalue weighted by atomic mass is 9.90. The summed E-state index contributed by atoms with van der Waals surface area (Å²) in [4.78, 5) is 42.4. The van der Waals surface area contributed by atoms with Crippen molar-refractivity contribution in [2.24, 2.45) is 11.3 Å². The standard InChI is InChI=1S/C24H29N3O3/c1-14-9-15(2)11-18(10-14)26-22(29)20-13-24(20)5-7-27(8-6-24)23(30)19-12-16(3)17(4)25-21(19)28/h9-12,20H,5-8,13H2,1-4H3,(H,25,28)(H,26,29). The first-order valence-corrected chi connectivity index (χ1v) is 10.6. The number of hydrogen-bond donors (Lipinski definition) is 2. The largest absolute Gasteiger partial charge is 0.338 e. The number of likely N-dealkylation sites (tertiary alicyclic amines) is 1. The third kappa shape index (κ3) is 3.78. The van der Waals surface area contributed by atoms with Gasteiger partial charge in [0.2, 0.25) is 5.91 Å². The van der Waals surface area contributed by atoms with Gasteiger partial charge in [0.05, 0.1) is 0 Å². The molecule has 30 heavy (non-hydrogen) atoms. The predicted molar refractivity (Wildman–Crippen MR) is 117 cm³/mol. The van der Waals surface area contributed by atoms with Crippen LogP contribution in [0, 0.1) is 39.0 Å².